The lowest BCUT2D eigenvalue weighted by molar-refractivity contribution is -0.384. The summed E-state index contributed by atoms with van der Waals surface area (Å²) in [5.74, 6) is 0.597. The van der Waals surface area contributed by atoms with Crippen LogP contribution in [0.5, 0.6) is 0 Å². The van der Waals surface area contributed by atoms with E-state index in [0.717, 1.165) is 24.9 Å². The highest BCUT2D eigenvalue weighted by Gasteiger charge is 2.15. The highest BCUT2D eigenvalue weighted by molar-refractivity contribution is 5.33. The molecule has 2 atom stereocenters. The highest BCUT2D eigenvalue weighted by Crippen LogP contribution is 2.17. The van der Waals surface area contributed by atoms with Gasteiger partial charge in [-0.25, -0.2) is 0 Å². The molecule has 0 heterocycles. The number of likely N-dealkylation sites (N-methyl/N-ethyl adjacent to an activating group) is 1. The second-order valence-electron chi connectivity index (χ2n) is 4.68. The number of rotatable bonds is 7. The summed E-state index contributed by atoms with van der Waals surface area (Å²) >= 11 is 0. The van der Waals surface area contributed by atoms with Gasteiger partial charge in [0, 0.05) is 18.2 Å². The average Bonchev–Trinajstić information content (AvgIpc) is 2.38. The van der Waals surface area contributed by atoms with Gasteiger partial charge in [0.1, 0.15) is 0 Å². The molecule has 0 amide bonds. The van der Waals surface area contributed by atoms with Crippen LogP contribution in [0.4, 0.5) is 5.69 Å². The summed E-state index contributed by atoms with van der Waals surface area (Å²) < 4.78 is 0. The third-order valence-corrected chi connectivity index (χ3v) is 3.40. The van der Waals surface area contributed by atoms with Gasteiger partial charge in [0.05, 0.1) is 4.92 Å². The minimum absolute atomic E-state index is 0.155. The van der Waals surface area contributed by atoms with E-state index in [2.05, 4.69) is 26.1 Å². The number of non-ortho nitro benzene ring substituents is 1. The maximum Gasteiger partial charge on any atom is 0.269 e. The van der Waals surface area contributed by atoms with E-state index in [9.17, 15) is 10.1 Å². The lowest BCUT2D eigenvalue weighted by Gasteiger charge is -2.23. The summed E-state index contributed by atoms with van der Waals surface area (Å²) in [6, 6.07) is 7.29. The van der Waals surface area contributed by atoms with E-state index in [1.54, 1.807) is 12.1 Å². The first-order valence-corrected chi connectivity index (χ1v) is 6.55. The van der Waals surface area contributed by atoms with Gasteiger partial charge in [-0.15, -0.1) is 0 Å². The van der Waals surface area contributed by atoms with Gasteiger partial charge in [0.25, 0.3) is 5.69 Å². The Morgan fingerprint density at radius 3 is 2.33 bits per heavy atom. The first kappa shape index (κ1) is 14.6. The van der Waals surface area contributed by atoms with Crippen molar-refractivity contribution in [2.75, 3.05) is 6.54 Å². The molecule has 2 unspecified atom stereocenters. The van der Waals surface area contributed by atoms with Crippen LogP contribution in [0.15, 0.2) is 24.3 Å². The van der Waals surface area contributed by atoms with Gasteiger partial charge >= 0.3 is 0 Å². The maximum atomic E-state index is 10.6. The zero-order valence-electron chi connectivity index (χ0n) is 11.3. The quantitative estimate of drug-likeness (QED) is 0.597. The number of benzene rings is 1. The monoisotopic (exact) mass is 250 g/mol. The third kappa shape index (κ3) is 4.11. The van der Waals surface area contributed by atoms with Crippen molar-refractivity contribution in [3.05, 3.63) is 39.9 Å². The van der Waals surface area contributed by atoms with E-state index in [-0.39, 0.29) is 10.6 Å². The summed E-state index contributed by atoms with van der Waals surface area (Å²) in [5, 5.41) is 14.1. The molecule has 1 aromatic rings. The molecule has 0 saturated heterocycles. The number of nitrogens with zero attached hydrogens (tertiary/aromatic N) is 1. The van der Waals surface area contributed by atoms with Crippen LogP contribution in [0.3, 0.4) is 0 Å². The Balaban J connectivity index is 2.71. The normalized spacial score (nSPS) is 14.2. The SMILES string of the molecule is CCNC(Cc1ccc([N+](=O)[O-])cc1)C(C)CC. The zero-order valence-corrected chi connectivity index (χ0v) is 11.3. The van der Waals surface area contributed by atoms with Crippen LogP contribution in [0.25, 0.3) is 0 Å². The molecule has 0 saturated carbocycles. The predicted octanol–water partition coefficient (Wildman–Crippen LogP) is 3.16. The van der Waals surface area contributed by atoms with E-state index in [1.165, 1.54) is 0 Å². The topological polar surface area (TPSA) is 55.2 Å². The maximum absolute atomic E-state index is 10.6. The molecule has 18 heavy (non-hydrogen) atoms. The Hall–Kier alpha value is -1.42. The summed E-state index contributed by atoms with van der Waals surface area (Å²) in [5.41, 5.74) is 1.30. The van der Waals surface area contributed by atoms with Crippen molar-refractivity contribution in [3.63, 3.8) is 0 Å². The molecule has 0 spiro atoms. The predicted molar refractivity (Wildman–Crippen MR) is 73.7 cm³/mol. The minimum atomic E-state index is -0.361. The fourth-order valence-corrected chi connectivity index (χ4v) is 2.03. The van der Waals surface area contributed by atoms with Crippen LogP contribution < -0.4 is 5.32 Å². The fourth-order valence-electron chi connectivity index (χ4n) is 2.03. The Labute approximate surface area is 109 Å². The largest absolute Gasteiger partial charge is 0.314 e. The van der Waals surface area contributed by atoms with Gasteiger partial charge in [0.15, 0.2) is 0 Å². The van der Waals surface area contributed by atoms with Gasteiger partial charge in [-0.3, -0.25) is 10.1 Å². The molecule has 0 radical (unpaired) electrons. The smallest absolute Gasteiger partial charge is 0.269 e. The van der Waals surface area contributed by atoms with E-state index >= 15 is 0 Å². The van der Waals surface area contributed by atoms with E-state index in [4.69, 9.17) is 0 Å². The van der Waals surface area contributed by atoms with Crippen molar-refractivity contribution in [1.29, 1.82) is 0 Å². The van der Waals surface area contributed by atoms with Crippen molar-refractivity contribution >= 4 is 5.69 Å². The van der Waals surface area contributed by atoms with Gasteiger partial charge in [-0.2, -0.15) is 0 Å². The molecule has 0 aliphatic rings. The summed E-state index contributed by atoms with van der Waals surface area (Å²) in [6.45, 7) is 7.47. The standard InChI is InChI=1S/C14H22N2O2/c1-4-11(3)14(15-5-2)10-12-6-8-13(9-7-12)16(17)18/h6-9,11,14-15H,4-5,10H2,1-3H3. The Kier molecular flexibility index (Phi) is 5.78. The first-order valence-electron chi connectivity index (χ1n) is 6.55. The average molecular weight is 250 g/mol. The number of nitro groups is 1. The van der Waals surface area contributed by atoms with Crippen molar-refractivity contribution in [3.8, 4) is 0 Å². The van der Waals surface area contributed by atoms with Crippen LogP contribution in [0.2, 0.25) is 0 Å². The van der Waals surface area contributed by atoms with E-state index in [1.807, 2.05) is 12.1 Å². The molecule has 0 aliphatic carbocycles. The van der Waals surface area contributed by atoms with E-state index < -0.39 is 0 Å². The molecular formula is C14H22N2O2. The van der Waals surface area contributed by atoms with Crippen LogP contribution in [0, 0.1) is 16.0 Å². The molecule has 100 valence electrons. The van der Waals surface area contributed by atoms with Crippen LogP contribution in [0.1, 0.15) is 32.8 Å². The third-order valence-electron chi connectivity index (χ3n) is 3.40. The second-order valence-corrected chi connectivity index (χ2v) is 4.68. The molecule has 1 rings (SSSR count). The molecule has 4 nitrogen and oxygen atoms in total. The van der Waals surface area contributed by atoms with Crippen LogP contribution in [-0.2, 0) is 6.42 Å². The van der Waals surface area contributed by atoms with Gasteiger partial charge < -0.3 is 5.32 Å². The molecule has 0 aromatic heterocycles. The van der Waals surface area contributed by atoms with Crippen LogP contribution >= 0.6 is 0 Å². The van der Waals surface area contributed by atoms with Gasteiger partial charge in [-0.1, -0.05) is 39.3 Å². The summed E-state index contributed by atoms with van der Waals surface area (Å²) in [4.78, 5) is 10.2. The number of nitrogens with one attached hydrogen (secondary N) is 1. The Morgan fingerprint density at radius 1 is 1.28 bits per heavy atom. The molecule has 0 aliphatic heterocycles. The van der Waals surface area contributed by atoms with Crippen LogP contribution in [-0.4, -0.2) is 17.5 Å². The summed E-state index contributed by atoms with van der Waals surface area (Å²) in [6.07, 6.45) is 2.05. The van der Waals surface area contributed by atoms with Crippen molar-refractivity contribution in [2.24, 2.45) is 5.92 Å². The lowest BCUT2D eigenvalue weighted by Crippen LogP contribution is -2.36. The molecule has 0 bridgehead atoms. The molecule has 0 fully saturated rings. The van der Waals surface area contributed by atoms with Gasteiger partial charge in [-0.05, 0) is 24.4 Å². The fraction of sp³-hybridized carbons (Fsp3) is 0.571. The summed E-state index contributed by atoms with van der Waals surface area (Å²) in [7, 11) is 0. The van der Waals surface area contributed by atoms with Crippen molar-refractivity contribution < 1.29 is 4.92 Å². The number of hydrogen-bond acceptors (Lipinski definition) is 3. The highest BCUT2D eigenvalue weighted by atomic mass is 16.6. The Bertz CT molecular complexity index is 376. The molecule has 4 heteroatoms. The zero-order chi connectivity index (χ0) is 13.5. The second kappa shape index (κ2) is 7.11. The molecule has 1 aromatic carbocycles. The van der Waals surface area contributed by atoms with E-state index in [0.29, 0.717) is 12.0 Å². The Morgan fingerprint density at radius 2 is 1.89 bits per heavy atom. The van der Waals surface area contributed by atoms with Gasteiger partial charge in [0.2, 0.25) is 0 Å². The number of nitro benzene ring substituents is 1. The van der Waals surface area contributed by atoms with Crippen molar-refractivity contribution in [2.45, 2.75) is 39.7 Å². The minimum Gasteiger partial charge on any atom is -0.314 e. The first-order chi connectivity index (χ1) is 8.58. The molecular weight excluding hydrogens is 228 g/mol. The molecule has 1 N–H and O–H groups in total. The number of hydrogen-bond donors (Lipinski definition) is 1. The lowest BCUT2D eigenvalue weighted by atomic mass is 9.93. The van der Waals surface area contributed by atoms with Crippen molar-refractivity contribution in [1.82, 2.24) is 5.32 Å².